The van der Waals surface area contributed by atoms with Crippen molar-refractivity contribution in [1.29, 1.82) is 0 Å². The molecular formula is C12H22N2O3S. The molecule has 18 heavy (non-hydrogen) atoms. The Morgan fingerprint density at radius 3 is 2.83 bits per heavy atom. The van der Waals surface area contributed by atoms with Crippen LogP contribution in [0.15, 0.2) is 0 Å². The molecule has 1 fully saturated rings. The first-order valence-electron chi connectivity index (χ1n) is 6.42. The van der Waals surface area contributed by atoms with Gasteiger partial charge in [-0.3, -0.25) is 4.79 Å². The van der Waals surface area contributed by atoms with E-state index in [-0.39, 0.29) is 11.9 Å². The fraction of sp³-hybridized carbons (Fsp3) is 0.833. The molecule has 1 aliphatic rings. The third-order valence-corrected chi connectivity index (χ3v) is 3.91. The number of rotatable bonds is 5. The third-order valence-electron chi connectivity index (χ3n) is 2.89. The van der Waals surface area contributed by atoms with E-state index in [0.29, 0.717) is 25.3 Å². The van der Waals surface area contributed by atoms with Crippen LogP contribution < -0.4 is 5.73 Å². The predicted molar refractivity (Wildman–Crippen MR) is 72.3 cm³/mol. The van der Waals surface area contributed by atoms with Gasteiger partial charge < -0.3 is 15.4 Å². The molecule has 2 unspecified atom stereocenters. The molecule has 6 heteroatoms. The number of hydrogen-bond acceptors (Lipinski definition) is 5. The summed E-state index contributed by atoms with van der Waals surface area (Å²) in [5.41, 5.74) is 5.84. The number of hydrogen-bond donors (Lipinski definition) is 1. The second-order valence-electron chi connectivity index (χ2n) is 4.27. The van der Waals surface area contributed by atoms with Crippen LogP contribution in [0.3, 0.4) is 0 Å². The summed E-state index contributed by atoms with van der Waals surface area (Å²) in [4.78, 5) is 25.6. The highest BCUT2D eigenvalue weighted by Gasteiger charge is 2.35. The highest BCUT2D eigenvalue weighted by Crippen LogP contribution is 2.19. The minimum absolute atomic E-state index is 0.129. The topological polar surface area (TPSA) is 72.6 Å². The molecule has 104 valence electrons. The smallest absolute Gasteiger partial charge is 0.329 e. The summed E-state index contributed by atoms with van der Waals surface area (Å²) in [6.45, 7) is 4.66. The van der Waals surface area contributed by atoms with E-state index in [0.717, 1.165) is 12.2 Å². The average molecular weight is 274 g/mol. The standard InChI is InChI=1S/C12H22N2O3S/c1-3-5-9(13)11(15)14-6-7-18-8-10(14)12(16)17-4-2/h9-10H,3-8,13H2,1-2H3. The lowest BCUT2D eigenvalue weighted by Crippen LogP contribution is -2.55. The Labute approximate surface area is 112 Å². The van der Waals surface area contributed by atoms with E-state index < -0.39 is 12.1 Å². The molecule has 0 saturated carbocycles. The predicted octanol–water partition coefficient (Wildman–Crippen LogP) is 0.621. The fourth-order valence-corrected chi connectivity index (χ4v) is 2.98. The molecule has 2 atom stereocenters. The summed E-state index contributed by atoms with van der Waals surface area (Å²) in [5, 5.41) is 0. The van der Waals surface area contributed by atoms with Gasteiger partial charge in [0, 0.05) is 18.1 Å². The molecule has 1 aliphatic heterocycles. The van der Waals surface area contributed by atoms with Crippen LogP contribution >= 0.6 is 11.8 Å². The Bertz CT molecular complexity index is 299. The van der Waals surface area contributed by atoms with E-state index in [2.05, 4.69) is 0 Å². The number of thioether (sulfide) groups is 1. The van der Waals surface area contributed by atoms with Crippen LogP contribution in [-0.2, 0) is 14.3 Å². The maximum Gasteiger partial charge on any atom is 0.329 e. The Morgan fingerprint density at radius 2 is 2.22 bits per heavy atom. The molecule has 0 bridgehead atoms. The molecule has 5 nitrogen and oxygen atoms in total. The lowest BCUT2D eigenvalue weighted by Gasteiger charge is -2.35. The molecule has 0 aromatic heterocycles. The lowest BCUT2D eigenvalue weighted by atomic mass is 10.1. The minimum atomic E-state index is -0.505. The van der Waals surface area contributed by atoms with Gasteiger partial charge in [0.25, 0.3) is 0 Å². The van der Waals surface area contributed by atoms with Crippen molar-refractivity contribution in [3.8, 4) is 0 Å². The Kier molecular flexibility index (Phi) is 6.49. The second-order valence-corrected chi connectivity index (χ2v) is 5.42. The van der Waals surface area contributed by atoms with Gasteiger partial charge in [0.2, 0.25) is 5.91 Å². The normalized spacial score (nSPS) is 21.5. The third kappa shape index (κ3) is 3.88. The molecular weight excluding hydrogens is 252 g/mol. The zero-order chi connectivity index (χ0) is 13.5. The number of nitrogens with two attached hydrogens (primary N) is 1. The fourth-order valence-electron chi connectivity index (χ4n) is 1.95. The van der Waals surface area contributed by atoms with E-state index in [9.17, 15) is 9.59 Å². The van der Waals surface area contributed by atoms with Crippen molar-refractivity contribution in [2.24, 2.45) is 5.73 Å². The zero-order valence-corrected chi connectivity index (χ0v) is 11.9. The molecule has 0 spiro atoms. The molecule has 0 aromatic carbocycles. The number of carbonyl (C=O) groups excluding carboxylic acids is 2. The molecule has 1 rings (SSSR count). The quantitative estimate of drug-likeness (QED) is 0.744. The zero-order valence-electron chi connectivity index (χ0n) is 11.1. The van der Waals surface area contributed by atoms with Gasteiger partial charge in [0.05, 0.1) is 12.6 Å². The first-order chi connectivity index (χ1) is 8.61. The largest absolute Gasteiger partial charge is 0.464 e. The van der Waals surface area contributed by atoms with Crippen molar-refractivity contribution in [2.45, 2.75) is 38.8 Å². The molecule has 1 heterocycles. The van der Waals surface area contributed by atoms with E-state index in [4.69, 9.17) is 10.5 Å². The van der Waals surface area contributed by atoms with Crippen molar-refractivity contribution in [3.05, 3.63) is 0 Å². The van der Waals surface area contributed by atoms with Crippen molar-refractivity contribution in [2.75, 3.05) is 24.7 Å². The summed E-state index contributed by atoms with van der Waals surface area (Å²) in [6.07, 6.45) is 1.51. The average Bonchev–Trinajstić information content (AvgIpc) is 2.38. The molecule has 0 radical (unpaired) electrons. The van der Waals surface area contributed by atoms with Gasteiger partial charge >= 0.3 is 5.97 Å². The van der Waals surface area contributed by atoms with Gasteiger partial charge in [-0.25, -0.2) is 4.79 Å². The van der Waals surface area contributed by atoms with Gasteiger partial charge in [-0.2, -0.15) is 11.8 Å². The first-order valence-corrected chi connectivity index (χ1v) is 7.57. The number of amides is 1. The molecule has 1 amide bonds. The maximum atomic E-state index is 12.2. The Morgan fingerprint density at radius 1 is 1.50 bits per heavy atom. The SMILES string of the molecule is CCCC(N)C(=O)N1CCSCC1C(=O)OCC. The highest BCUT2D eigenvalue weighted by atomic mass is 32.2. The Hall–Kier alpha value is -0.750. The second kappa shape index (κ2) is 7.63. The van der Waals surface area contributed by atoms with Gasteiger partial charge in [0.15, 0.2) is 0 Å². The van der Waals surface area contributed by atoms with Gasteiger partial charge in [-0.05, 0) is 13.3 Å². The number of esters is 1. The van der Waals surface area contributed by atoms with Crippen molar-refractivity contribution >= 4 is 23.6 Å². The lowest BCUT2D eigenvalue weighted by molar-refractivity contribution is -0.154. The summed E-state index contributed by atoms with van der Waals surface area (Å²) >= 11 is 1.67. The van der Waals surface area contributed by atoms with Crippen LogP contribution in [0.5, 0.6) is 0 Å². The van der Waals surface area contributed by atoms with Crippen molar-refractivity contribution in [1.82, 2.24) is 4.90 Å². The van der Waals surface area contributed by atoms with Crippen LogP contribution in [0.4, 0.5) is 0 Å². The van der Waals surface area contributed by atoms with Crippen LogP contribution in [0, 0.1) is 0 Å². The number of ether oxygens (including phenoxy) is 1. The Balaban J connectivity index is 2.69. The van der Waals surface area contributed by atoms with E-state index in [1.807, 2.05) is 6.92 Å². The van der Waals surface area contributed by atoms with Crippen molar-refractivity contribution in [3.63, 3.8) is 0 Å². The molecule has 2 N–H and O–H groups in total. The number of nitrogens with zero attached hydrogens (tertiary/aromatic N) is 1. The van der Waals surface area contributed by atoms with Gasteiger partial charge in [0.1, 0.15) is 6.04 Å². The van der Waals surface area contributed by atoms with Crippen LogP contribution in [0.1, 0.15) is 26.7 Å². The molecule has 1 saturated heterocycles. The van der Waals surface area contributed by atoms with Gasteiger partial charge in [-0.1, -0.05) is 13.3 Å². The summed E-state index contributed by atoms with van der Waals surface area (Å²) < 4.78 is 5.01. The van der Waals surface area contributed by atoms with Crippen molar-refractivity contribution < 1.29 is 14.3 Å². The number of carbonyl (C=O) groups is 2. The molecule has 0 aromatic rings. The summed E-state index contributed by atoms with van der Waals surface area (Å²) in [7, 11) is 0. The van der Waals surface area contributed by atoms with E-state index in [1.54, 1.807) is 23.6 Å². The van der Waals surface area contributed by atoms with Crippen LogP contribution in [0.25, 0.3) is 0 Å². The highest BCUT2D eigenvalue weighted by molar-refractivity contribution is 7.99. The maximum absolute atomic E-state index is 12.2. The monoisotopic (exact) mass is 274 g/mol. The summed E-state index contributed by atoms with van der Waals surface area (Å²) in [5.74, 6) is 1.00. The van der Waals surface area contributed by atoms with E-state index in [1.165, 1.54) is 0 Å². The van der Waals surface area contributed by atoms with Crippen LogP contribution in [0.2, 0.25) is 0 Å². The first kappa shape index (κ1) is 15.3. The summed E-state index contributed by atoms with van der Waals surface area (Å²) in [6, 6.07) is -0.978. The van der Waals surface area contributed by atoms with E-state index >= 15 is 0 Å². The molecule has 0 aliphatic carbocycles. The van der Waals surface area contributed by atoms with Crippen LogP contribution in [-0.4, -0.2) is 53.5 Å². The minimum Gasteiger partial charge on any atom is -0.464 e. The van der Waals surface area contributed by atoms with Gasteiger partial charge in [-0.15, -0.1) is 0 Å².